The van der Waals surface area contributed by atoms with E-state index in [1.165, 1.54) is 0 Å². The van der Waals surface area contributed by atoms with Crippen LogP contribution in [0.25, 0.3) is 0 Å². The largest absolute Gasteiger partial charge is 0.355 e. The van der Waals surface area contributed by atoms with Crippen molar-refractivity contribution in [1.82, 2.24) is 10.2 Å². The molecule has 0 saturated carbocycles. The summed E-state index contributed by atoms with van der Waals surface area (Å²) in [5, 5.41) is 2.86. The zero-order chi connectivity index (χ0) is 18.9. The van der Waals surface area contributed by atoms with Crippen LogP contribution < -0.4 is 5.32 Å². The van der Waals surface area contributed by atoms with Gasteiger partial charge in [0.1, 0.15) is 6.04 Å². The lowest BCUT2D eigenvalue weighted by molar-refractivity contribution is -0.140. The standard InChI is InChI=1S/C22H28N2O2/c1-4-20(22(26)23-5-2)24(16-19-13-9-10-17(3)14-19)21(25)15-18-11-7-6-8-12-18/h6-14,20H,4-5,15-16H2,1-3H3,(H,23,26)/t20-/m0/s1. The number of carbonyl (C=O) groups excluding carboxylic acids is 2. The fraction of sp³-hybridized carbons (Fsp3) is 0.364. The summed E-state index contributed by atoms with van der Waals surface area (Å²) in [6, 6.07) is 17.3. The molecule has 1 atom stereocenters. The first-order valence-electron chi connectivity index (χ1n) is 9.21. The van der Waals surface area contributed by atoms with Gasteiger partial charge in [-0.15, -0.1) is 0 Å². The van der Waals surface area contributed by atoms with Crippen molar-refractivity contribution >= 4 is 11.8 Å². The van der Waals surface area contributed by atoms with E-state index in [1.807, 2.05) is 69.3 Å². The quantitative estimate of drug-likeness (QED) is 0.791. The molecule has 0 aliphatic carbocycles. The molecule has 2 rings (SSSR count). The van der Waals surface area contributed by atoms with Crippen molar-refractivity contribution in [3.8, 4) is 0 Å². The molecule has 0 saturated heterocycles. The van der Waals surface area contributed by atoms with E-state index in [0.29, 0.717) is 25.9 Å². The Kier molecular flexibility index (Phi) is 7.39. The molecule has 0 radical (unpaired) electrons. The fourth-order valence-corrected chi connectivity index (χ4v) is 3.09. The average molecular weight is 352 g/mol. The summed E-state index contributed by atoms with van der Waals surface area (Å²) in [5.41, 5.74) is 3.13. The maximum atomic E-state index is 13.1. The Morgan fingerprint density at radius 1 is 1.00 bits per heavy atom. The van der Waals surface area contributed by atoms with Crippen LogP contribution in [-0.2, 0) is 22.6 Å². The number of carbonyl (C=O) groups is 2. The van der Waals surface area contributed by atoms with Gasteiger partial charge in [-0.05, 0) is 31.4 Å². The van der Waals surface area contributed by atoms with Crippen molar-refractivity contribution in [2.45, 2.75) is 46.2 Å². The molecule has 1 N–H and O–H groups in total. The smallest absolute Gasteiger partial charge is 0.242 e. The van der Waals surface area contributed by atoms with Crippen molar-refractivity contribution in [2.75, 3.05) is 6.54 Å². The molecular formula is C22H28N2O2. The number of amides is 2. The molecule has 0 unspecified atom stereocenters. The van der Waals surface area contributed by atoms with Crippen LogP contribution in [0.15, 0.2) is 54.6 Å². The van der Waals surface area contributed by atoms with E-state index >= 15 is 0 Å². The van der Waals surface area contributed by atoms with Crippen molar-refractivity contribution < 1.29 is 9.59 Å². The second kappa shape index (κ2) is 9.76. The second-order valence-electron chi connectivity index (χ2n) is 6.49. The average Bonchev–Trinajstić information content (AvgIpc) is 2.62. The molecule has 0 fully saturated rings. The van der Waals surface area contributed by atoms with Crippen LogP contribution in [0.4, 0.5) is 0 Å². The molecule has 0 heterocycles. The van der Waals surface area contributed by atoms with Crippen LogP contribution in [0, 0.1) is 6.92 Å². The first-order valence-corrected chi connectivity index (χ1v) is 9.21. The molecule has 2 aromatic rings. The van der Waals surface area contributed by atoms with Crippen LogP contribution >= 0.6 is 0 Å². The van der Waals surface area contributed by atoms with Gasteiger partial charge in [0, 0.05) is 13.1 Å². The molecular weight excluding hydrogens is 324 g/mol. The third kappa shape index (κ3) is 5.45. The number of nitrogens with one attached hydrogen (secondary N) is 1. The lowest BCUT2D eigenvalue weighted by Crippen LogP contribution is -2.49. The van der Waals surface area contributed by atoms with Gasteiger partial charge in [-0.1, -0.05) is 67.1 Å². The van der Waals surface area contributed by atoms with E-state index < -0.39 is 6.04 Å². The minimum absolute atomic E-state index is 0.0317. The normalized spacial score (nSPS) is 11.7. The molecule has 4 heteroatoms. The zero-order valence-corrected chi connectivity index (χ0v) is 15.9. The van der Waals surface area contributed by atoms with E-state index in [9.17, 15) is 9.59 Å². The van der Waals surface area contributed by atoms with Crippen molar-refractivity contribution in [3.63, 3.8) is 0 Å². The second-order valence-corrected chi connectivity index (χ2v) is 6.49. The number of hydrogen-bond acceptors (Lipinski definition) is 2. The van der Waals surface area contributed by atoms with E-state index in [4.69, 9.17) is 0 Å². The van der Waals surface area contributed by atoms with Gasteiger partial charge >= 0.3 is 0 Å². The third-order valence-corrected chi connectivity index (χ3v) is 4.37. The first kappa shape index (κ1) is 19.7. The Morgan fingerprint density at radius 3 is 2.31 bits per heavy atom. The van der Waals surface area contributed by atoms with Gasteiger partial charge in [0.25, 0.3) is 0 Å². The maximum absolute atomic E-state index is 13.1. The van der Waals surface area contributed by atoms with Crippen molar-refractivity contribution in [2.24, 2.45) is 0 Å². The van der Waals surface area contributed by atoms with Crippen LogP contribution in [0.3, 0.4) is 0 Å². The Bertz CT molecular complexity index is 728. The Labute approximate surface area is 156 Å². The zero-order valence-electron chi connectivity index (χ0n) is 15.9. The van der Waals surface area contributed by atoms with E-state index in [2.05, 4.69) is 11.4 Å². The lowest BCUT2D eigenvalue weighted by atomic mass is 10.1. The molecule has 0 spiro atoms. The number of aryl methyl sites for hydroxylation is 1. The fourth-order valence-electron chi connectivity index (χ4n) is 3.09. The maximum Gasteiger partial charge on any atom is 0.242 e. The number of nitrogens with zero attached hydrogens (tertiary/aromatic N) is 1. The minimum atomic E-state index is -0.466. The highest BCUT2D eigenvalue weighted by atomic mass is 16.2. The van der Waals surface area contributed by atoms with Crippen LogP contribution in [-0.4, -0.2) is 29.3 Å². The highest BCUT2D eigenvalue weighted by molar-refractivity contribution is 5.88. The topological polar surface area (TPSA) is 49.4 Å². The predicted molar refractivity (Wildman–Crippen MR) is 105 cm³/mol. The summed E-state index contributed by atoms with van der Waals surface area (Å²) < 4.78 is 0. The van der Waals surface area contributed by atoms with Gasteiger partial charge in [-0.2, -0.15) is 0 Å². The molecule has 2 amide bonds. The van der Waals surface area contributed by atoms with Gasteiger partial charge in [-0.25, -0.2) is 0 Å². The van der Waals surface area contributed by atoms with Crippen molar-refractivity contribution in [1.29, 1.82) is 0 Å². The molecule has 2 aromatic carbocycles. The summed E-state index contributed by atoms with van der Waals surface area (Å²) in [4.78, 5) is 27.3. The van der Waals surface area contributed by atoms with E-state index in [0.717, 1.165) is 16.7 Å². The van der Waals surface area contributed by atoms with Crippen LogP contribution in [0.2, 0.25) is 0 Å². The number of likely N-dealkylation sites (N-methyl/N-ethyl adjacent to an activating group) is 1. The summed E-state index contributed by atoms with van der Waals surface area (Å²) in [5.74, 6) is -0.125. The van der Waals surface area contributed by atoms with Gasteiger partial charge in [0.15, 0.2) is 0 Å². The molecule has 0 aromatic heterocycles. The lowest BCUT2D eigenvalue weighted by Gasteiger charge is -2.30. The van der Waals surface area contributed by atoms with Crippen molar-refractivity contribution in [3.05, 3.63) is 71.3 Å². The monoisotopic (exact) mass is 352 g/mol. The van der Waals surface area contributed by atoms with Crippen LogP contribution in [0.5, 0.6) is 0 Å². The Balaban J connectivity index is 2.27. The van der Waals surface area contributed by atoms with Gasteiger partial charge < -0.3 is 10.2 Å². The summed E-state index contributed by atoms with van der Waals surface area (Å²) in [7, 11) is 0. The van der Waals surface area contributed by atoms with Crippen LogP contribution in [0.1, 0.15) is 37.0 Å². The molecule has 4 nitrogen and oxygen atoms in total. The Hall–Kier alpha value is -2.62. The number of benzene rings is 2. The van der Waals surface area contributed by atoms with E-state index in [-0.39, 0.29) is 11.8 Å². The van der Waals surface area contributed by atoms with E-state index in [1.54, 1.807) is 4.90 Å². The number of rotatable bonds is 8. The van der Waals surface area contributed by atoms with Gasteiger partial charge in [0.2, 0.25) is 11.8 Å². The summed E-state index contributed by atoms with van der Waals surface area (Å²) in [6.45, 7) is 6.85. The first-order chi connectivity index (χ1) is 12.5. The number of hydrogen-bond donors (Lipinski definition) is 1. The highest BCUT2D eigenvalue weighted by Gasteiger charge is 2.28. The molecule has 138 valence electrons. The van der Waals surface area contributed by atoms with Gasteiger partial charge in [-0.3, -0.25) is 9.59 Å². The summed E-state index contributed by atoms with van der Waals surface area (Å²) >= 11 is 0. The molecule has 0 aliphatic heterocycles. The highest BCUT2D eigenvalue weighted by Crippen LogP contribution is 2.15. The SMILES string of the molecule is CCNC(=O)[C@H](CC)N(Cc1cccc(C)c1)C(=O)Cc1ccccc1. The molecule has 0 aliphatic rings. The minimum Gasteiger partial charge on any atom is -0.355 e. The molecule has 26 heavy (non-hydrogen) atoms. The predicted octanol–water partition coefficient (Wildman–Crippen LogP) is 3.48. The van der Waals surface area contributed by atoms with Gasteiger partial charge in [0.05, 0.1) is 6.42 Å². The Morgan fingerprint density at radius 2 is 1.69 bits per heavy atom. The molecule has 0 bridgehead atoms. The third-order valence-electron chi connectivity index (χ3n) is 4.37. The summed E-state index contributed by atoms with van der Waals surface area (Å²) in [6.07, 6.45) is 0.876.